The lowest BCUT2D eigenvalue weighted by atomic mass is 10.2. The van der Waals surface area contributed by atoms with Gasteiger partial charge in [-0.2, -0.15) is 4.31 Å². The third-order valence-electron chi connectivity index (χ3n) is 5.32. The van der Waals surface area contributed by atoms with Crippen molar-refractivity contribution in [2.45, 2.75) is 30.6 Å². The molecule has 1 fully saturated rings. The molecule has 2 aromatic rings. The van der Waals surface area contributed by atoms with E-state index in [1.165, 1.54) is 7.11 Å². The molecule has 3 rings (SSSR count). The third kappa shape index (κ3) is 5.12. The predicted molar refractivity (Wildman–Crippen MR) is 119 cm³/mol. The SMILES string of the molecule is COc1ccc(S(=O)(=O)N2CCCCCC2)cc1NCC(=O)N(C)c1ccccc1. The average Bonchev–Trinajstić information content (AvgIpc) is 3.07. The molecule has 2 aromatic carbocycles. The highest BCUT2D eigenvalue weighted by molar-refractivity contribution is 7.89. The maximum atomic E-state index is 13.1. The lowest BCUT2D eigenvalue weighted by molar-refractivity contribution is -0.116. The van der Waals surface area contributed by atoms with Gasteiger partial charge in [0.1, 0.15) is 5.75 Å². The molecule has 0 atom stereocenters. The molecule has 1 saturated heterocycles. The van der Waals surface area contributed by atoms with E-state index in [1.807, 2.05) is 30.3 Å². The molecule has 1 aliphatic rings. The van der Waals surface area contributed by atoms with Gasteiger partial charge in [-0.3, -0.25) is 4.79 Å². The minimum Gasteiger partial charge on any atom is -0.495 e. The van der Waals surface area contributed by atoms with Crippen LogP contribution in [0.5, 0.6) is 5.75 Å². The molecule has 1 aliphatic heterocycles. The second-order valence-corrected chi connectivity index (χ2v) is 9.26. The van der Waals surface area contributed by atoms with Crippen LogP contribution in [0.1, 0.15) is 25.7 Å². The summed E-state index contributed by atoms with van der Waals surface area (Å²) in [7, 11) is -0.368. The normalized spacial score (nSPS) is 15.3. The van der Waals surface area contributed by atoms with Crippen LogP contribution in [0.4, 0.5) is 11.4 Å². The van der Waals surface area contributed by atoms with E-state index in [0.717, 1.165) is 31.4 Å². The largest absolute Gasteiger partial charge is 0.495 e. The van der Waals surface area contributed by atoms with E-state index in [2.05, 4.69) is 5.32 Å². The molecule has 8 heteroatoms. The zero-order chi connectivity index (χ0) is 21.6. The van der Waals surface area contributed by atoms with Crippen LogP contribution in [0.2, 0.25) is 0 Å². The van der Waals surface area contributed by atoms with Crippen molar-refractivity contribution in [1.29, 1.82) is 0 Å². The van der Waals surface area contributed by atoms with E-state index in [-0.39, 0.29) is 17.3 Å². The molecule has 30 heavy (non-hydrogen) atoms. The highest BCUT2D eigenvalue weighted by Crippen LogP contribution is 2.29. The predicted octanol–water partition coefficient (Wildman–Crippen LogP) is 3.33. The summed E-state index contributed by atoms with van der Waals surface area (Å²) in [4.78, 5) is 14.3. The second-order valence-electron chi connectivity index (χ2n) is 7.32. The zero-order valence-corrected chi connectivity index (χ0v) is 18.3. The number of anilines is 2. The first-order valence-corrected chi connectivity index (χ1v) is 11.6. The number of hydrogen-bond donors (Lipinski definition) is 1. The summed E-state index contributed by atoms with van der Waals surface area (Å²) in [6.07, 6.45) is 3.86. The van der Waals surface area contributed by atoms with Gasteiger partial charge in [0, 0.05) is 25.8 Å². The highest BCUT2D eigenvalue weighted by Gasteiger charge is 2.26. The smallest absolute Gasteiger partial charge is 0.246 e. The number of nitrogens with zero attached hydrogens (tertiary/aromatic N) is 2. The van der Waals surface area contributed by atoms with E-state index in [1.54, 1.807) is 34.5 Å². The number of sulfonamides is 1. The van der Waals surface area contributed by atoms with Gasteiger partial charge in [0.15, 0.2) is 0 Å². The van der Waals surface area contributed by atoms with Crippen molar-refractivity contribution in [2.75, 3.05) is 44.0 Å². The molecular weight excluding hydrogens is 402 g/mol. The van der Waals surface area contributed by atoms with E-state index >= 15 is 0 Å². The summed E-state index contributed by atoms with van der Waals surface area (Å²) in [5.41, 5.74) is 1.26. The van der Waals surface area contributed by atoms with Crippen LogP contribution in [-0.4, -0.2) is 52.4 Å². The van der Waals surface area contributed by atoms with Crippen molar-refractivity contribution in [3.63, 3.8) is 0 Å². The van der Waals surface area contributed by atoms with Crippen LogP contribution >= 0.6 is 0 Å². The topological polar surface area (TPSA) is 79.0 Å². The second kappa shape index (κ2) is 9.95. The van der Waals surface area contributed by atoms with Gasteiger partial charge in [-0.05, 0) is 43.2 Å². The lowest BCUT2D eigenvalue weighted by Gasteiger charge is -2.21. The molecule has 7 nitrogen and oxygen atoms in total. The van der Waals surface area contributed by atoms with Gasteiger partial charge in [0.05, 0.1) is 24.2 Å². The summed E-state index contributed by atoms with van der Waals surface area (Å²) in [6.45, 7) is 1.09. The summed E-state index contributed by atoms with van der Waals surface area (Å²) < 4.78 is 33.1. The molecule has 1 N–H and O–H groups in total. The number of rotatable bonds is 7. The summed E-state index contributed by atoms with van der Waals surface area (Å²) in [6, 6.07) is 14.1. The number of ether oxygens (including phenoxy) is 1. The first-order chi connectivity index (χ1) is 14.4. The third-order valence-corrected chi connectivity index (χ3v) is 7.22. The number of amides is 1. The van der Waals surface area contributed by atoms with Crippen molar-refractivity contribution in [3.8, 4) is 5.75 Å². The average molecular weight is 432 g/mol. The fourth-order valence-corrected chi connectivity index (χ4v) is 5.05. The number of benzene rings is 2. The van der Waals surface area contributed by atoms with Gasteiger partial charge < -0.3 is 15.0 Å². The van der Waals surface area contributed by atoms with Crippen LogP contribution in [-0.2, 0) is 14.8 Å². The molecule has 0 bridgehead atoms. The van der Waals surface area contributed by atoms with Gasteiger partial charge >= 0.3 is 0 Å². The Morgan fingerprint density at radius 2 is 1.73 bits per heavy atom. The van der Waals surface area contributed by atoms with Crippen LogP contribution in [0.3, 0.4) is 0 Å². The van der Waals surface area contributed by atoms with Gasteiger partial charge in [0.25, 0.3) is 0 Å². The molecule has 0 unspecified atom stereocenters. The van der Waals surface area contributed by atoms with Crippen molar-refractivity contribution in [2.24, 2.45) is 0 Å². The van der Waals surface area contributed by atoms with E-state index in [9.17, 15) is 13.2 Å². The van der Waals surface area contributed by atoms with Crippen LogP contribution in [0, 0.1) is 0 Å². The van der Waals surface area contributed by atoms with Crippen molar-refractivity contribution >= 4 is 27.3 Å². The van der Waals surface area contributed by atoms with E-state index in [4.69, 9.17) is 4.74 Å². The highest BCUT2D eigenvalue weighted by atomic mass is 32.2. The van der Waals surface area contributed by atoms with Crippen molar-refractivity contribution in [1.82, 2.24) is 4.31 Å². The Hall–Kier alpha value is -2.58. The fraction of sp³-hybridized carbons (Fsp3) is 0.409. The van der Waals surface area contributed by atoms with Gasteiger partial charge in [-0.25, -0.2) is 8.42 Å². The van der Waals surface area contributed by atoms with Crippen LogP contribution < -0.4 is 15.0 Å². The maximum absolute atomic E-state index is 13.1. The van der Waals surface area contributed by atoms with Crippen LogP contribution in [0.25, 0.3) is 0 Å². The monoisotopic (exact) mass is 431 g/mol. The molecule has 1 heterocycles. The van der Waals surface area contributed by atoms with Gasteiger partial charge in [0.2, 0.25) is 15.9 Å². The Balaban J connectivity index is 1.76. The van der Waals surface area contributed by atoms with Crippen molar-refractivity contribution in [3.05, 3.63) is 48.5 Å². The van der Waals surface area contributed by atoms with E-state index < -0.39 is 10.0 Å². The van der Waals surface area contributed by atoms with Crippen molar-refractivity contribution < 1.29 is 17.9 Å². The Bertz CT molecular complexity index is 956. The molecule has 0 saturated carbocycles. The van der Waals surface area contributed by atoms with Crippen LogP contribution in [0.15, 0.2) is 53.4 Å². The summed E-state index contributed by atoms with van der Waals surface area (Å²) in [5.74, 6) is 0.337. The number of nitrogens with one attached hydrogen (secondary N) is 1. The Labute approximate surface area is 178 Å². The number of hydrogen-bond acceptors (Lipinski definition) is 5. The first kappa shape index (κ1) is 22.1. The van der Waals surface area contributed by atoms with Gasteiger partial charge in [-0.1, -0.05) is 31.0 Å². The molecule has 0 aliphatic carbocycles. The Morgan fingerprint density at radius 3 is 2.37 bits per heavy atom. The molecule has 0 radical (unpaired) electrons. The molecule has 0 aromatic heterocycles. The minimum absolute atomic E-state index is 0.00890. The Kier molecular flexibility index (Phi) is 7.33. The number of carbonyl (C=O) groups excluding carboxylic acids is 1. The Morgan fingerprint density at radius 1 is 1.07 bits per heavy atom. The number of methoxy groups -OCH3 is 1. The summed E-state index contributed by atoms with van der Waals surface area (Å²) >= 11 is 0. The fourth-order valence-electron chi connectivity index (χ4n) is 3.50. The number of carbonyl (C=O) groups is 1. The number of likely N-dealkylation sites (N-methyl/N-ethyl adjacent to an activating group) is 1. The summed E-state index contributed by atoms with van der Waals surface area (Å²) in [5, 5.41) is 3.04. The molecule has 0 spiro atoms. The van der Waals surface area contributed by atoms with Gasteiger partial charge in [-0.15, -0.1) is 0 Å². The minimum atomic E-state index is -3.59. The standard InChI is InChI=1S/C22H29N3O4S/c1-24(18-10-6-5-7-11-18)22(26)17-23-20-16-19(12-13-21(20)29-2)30(27,28)25-14-8-3-4-9-15-25/h5-7,10-13,16,23H,3-4,8-9,14-15,17H2,1-2H3. The molecule has 1 amide bonds. The lowest BCUT2D eigenvalue weighted by Crippen LogP contribution is -2.33. The maximum Gasteiger partial charge on any atom is 0.246 e. The molecule has 162 valence electrons. The molecular formula is C22H29N3O4S. The number of para-hydroxylation sites is 1. The quantitative estimate of drug-likeness (QED) is 0.727. The first-order valence-electron chi connectivity index (χ1n) is 10.2. The van der Waals surface area contributed by atoms with E-state index in [0.29, 0.717) is 24.5 Å². The zero-order valence-electron chi connectivity index (χ0n) is 17.5.